The molecule has 202 valence electrons. The van der Waals surface area contributed by atoms with Crippen LogP contribution < -0.4 is 15.0 Å². The van der Waals surface area contributed by atoms with Crippen molar-refractivity contribution in [1.29, 1.82) is 0 Å². The van der Waals surface area contributed by atoms with Crippen molar-refractivity contribution in [3.8, 4) is 5.75 Å². The van der Waals surface area contributed by atoms with Crippen LogP contribution in [0.5, 0.6) is 5.75 Å². The molecule has 0 aliphatic heterocycles. The van der Waals surface area contributed by atoms with E-state index in [0.29, 0.717) is 27.9 Å². The zero-order valence-corrected chi connectivity index (χ0v) is 23.9. The van der Waals surface area contributed by atoms with Crippen molar-refractivity contribution in [1.82, 2.24) is 10.3 Å². The van der Waals surface area contributed by atoms with E-state index >= 15 is 0 Å². The van der Waals surface area contributed by atoms with E-state index in [2.05, 4.69) is 36.3 Å². The van der Waals surface area contributed by atoms with Crippen LogP contribution in [0.1, 0.15) is 95.8 Å². The van der Waals surface area contributed by atoms with Gasteiger partial charge in [-0.25, -0.2) is 4.98 Å². The van der Waals surface area contributed by atoms with Crippen LogP contribution in [-0.4, -0.2) is 29.9 Å². The fraction of sp³-hybridized carbons (Fsp3) is 0.452. The average Bonchev–Trinajstić information content (AvgIpc) is 3.29. The number of methoxy groups -OCH3 is 1. The summed E-state index contributed by atoms with van der Waals surface area (Å²) in [6.07, 6.45) is 6.37. The summed E-state index contributed by atoms with van der Waals surface area (Å²) in [5.41, 5.74) is 3.31. The van der Waals surface area contributed by atoms with Crippen molar-refractivity contribution >= 4 is 28.8 Å². The van der Waals surface area contributed by atoms with Crippen LogP contribution in [0.3, 0.4) is 0 Å². The van der Waals surface area contributed by atoms with Gasteiger partial charge in [-0.15, -0.1) is 11.3 Å². The highest BCUT2D eigenvalue weighted by Gasteiger charge is 2.36. The van der Waals surface area contributed by atoms with E-state index in [4.69, 9.17) is 4.74 Å². The lowest BCUT2D eigenvalue weighted by Crippen LogP contribution is -2.47. The van der Waals surface area contributed by atoms with Gasteiger partial charge in [-0.2, -0.15) is 0 Å². The van der Waals surface area contributed by atoms with Crippen LogP contribution in [0.25, 0.3) is 0 Å². The Labute approximate surface area is 230 Å². The second-order valence-corrected chi connectivity index (χ2v) is 11.4. The largest absolute Gasteiger partial charge is 0.497 e. The second-order valence-electron chi connectivity index (χ2n) is 10.2. The van der Waals surface area contributed by atoms with Gasteiger partial charge in [0.2, 0.25) is 5.91 Å². The monoisotopic (exact) mass is 533 g/mol. The Morgan fingerprint density at radius 2 is 1.66 bits per heavy atom. The molecule has 38 heavy (non-hydrogen) atoms. The minimum Gasteiger partial charge on any atom is -0.497 e. The molecule has 1 fully saturated rings. The smallest absolute Gasteiger partial charge is 0.271 e. The lowest BCUT2D eigenvalue weighted by Gasteiger charge is -2.33. The number of thiazole rings is 1. The van der Waals surface area contributed by atoms with Crippen molar-refractivity contribution in [3.63, 3.8) is 0 Å². The summed E-state index contributed by atoms with van der Waals surface area (Å²) >= 11 is 1.37. The molecule has 2 aromatic carbocycles. The standard InChI is InChI=1S/C31H39N3O3S/c1-6-20(2)23-12-16-26(17-13-23)34(31(36)29-21(3)32-22(4)38-29)28(24-14-18-27(37-5)19-15-24)30(35)33-25-10-8-7-9-11-25/h12-20,25,28H,6-11H2,1-5H3,(H,33,35). The molecule has 6 nitrogen and oxygen atoms in total. The third kappa shape index (κ3) is 6.26. The Hall–Kier alpha value is -3.19. The lowest BCUT2D eigenvalue weighted by atomic mass is 9.94. The van der Waals surface area contributed by atoms with E-state index in [1.807, 2.05) is 50.2 Å². The predicted octanol–water partition coefficient (Wildman–Crippen LogP) is 7.12. The highest BCUT2D eigenvalue weighted by atomic mass is 32.1. The highest BCUT2D eigenvalue weighted by Crippen LogP contribution is 2.34. The van der Waals surface area contributed by atoms with Gasteiger partial charge >= 0.3 is 0 Å². The number of amides is 2. The van der Waals surface area contributed by atoms with Crippen molar-refractivity contribution in [2.75, 3.05) is 12.0 Å². The van der Waals surface area contributed by atoms with Crippen LogP contribution in [0.2, 0.25) is 0 Å². The number of nitrogens with zero attached hydrogens (tertiary/aromatic N) is 2. The summed E-state index contributed by atoms with van der Waals surface area (Å²) in [5, 5.41) is 4.11. The van der Waals surface area contributed by atoms with Crippen molar-refractivity contribution in [2.24, 2.45) is 0 Å². The molecule has 2 amide bonds. The van der Waals surface area contributed by atoms with Crippen molar-refractivity contribution in [3.05, 3.63) is 75.2 Å². The molecule has 2 atom stereocenters. The molecule has 1 aromatic heterocycles. The molecular weight excluding hydrogens is 494 g/mol. The van der Waals surface area contributed by atoms with E-state index in [1.165, 1.54) is 23.3 Å². The first kappa shape index (κ1) is 27.8. The third-order valence-electron chi connectivity index (χ3n) is 7.56. The summed E-state index contributed by atoms with van der Waals surface area (Å²) in [6, 6.07) is 14.8. The molecule has 7 heteroatoms. The zero-order valence-electron chi connectivity index (χ0n) is 23.1. The minimum atomic E-state index is -0.841. The van der Waals surface area contributed by atoms with Crippen molar-refractivity contribution in [2.45, 2.75) is 84.2 Å². The number of anilines is 1. The molecule has 1 saturated carbocycles. The molecular formula is C31H39N3O3S. The summed E-state index contributed by atoms with van der Waals surface area (Å²) in [6.45, 7) is 8.11. The van der Waals surface area contributed by atoms with Crippen LogP contribution in [0.4, 0.5) is 5.69 Å². The van der Waals surface area contributed by atoms with Crippen LogP contribution in [-0.2, 0) is 4.79 Å². The Morgan fingerprint density at radius 3 is 2.21 bits per heavy atom. The SMILES string of the molecule is CCC(C)c1ccc(N(C(=O)c2sc(C)nc2C)C(C(=O)NC2CCCCC2)c2ccc(OC)cc2)cc1. The summed E-state index contributed by atoms with van der Waals surface area (Å²) in [4.78, 5) is 35.1. The van der Waals surface area contributed by atoms with Gasteiger partial charge in [-0.3, -0.25) is 14.5 Å². The number of carbonyl (C=O) groups is 2. The average molecular weight is 534 g/mol. The molecule has 4 rings (SSSR count). The van der Waals surface area contributed by atoms with Gasteiger partial charge in [0.05, 0.1) is 17.8 Å². The molecule has 2 unspecified atom stereocenters. The van der Waals surface area contributed by atoms with Gasteiger partial charge in [0.25, 0.3) is 5.91 Å². The number of ether oxygens (including phenoxy) is 1. The van der Waals surface area contributed by atoms with Gasteiger partial charge in [-0.05, 0) is 74.4 Å². The number of nitrogens with one attached hydrogen (secondary N) is 1. The summed E-state index contributed by atoms with van der Waals surface area (Å²) in [5.74, 6) is 0.723. The van der Waals surface area contributed by atoms with Crippen molar-refractivity contribution < 1.29 is 14.3 Å². The maximum Gasteiger partial charge on any atom is 0.271 e. The zero-order chi connectivity index (χ0) is 27.2. The second kappa shape index (κ2) is 12.6. The summed E-state index contributed by atoms with van der Waals surface area (Å²) in [7, 11) is 1.62. The maximum absolute atomic E-state index is 14.3. The predicted molar refractivity (Wildman–Crippen MR) is 154 cm³/mol. The van der Waals surface area contributed by atoms with Gasteiger partial charge < -0.3 is 10.1 Å². The molecule has 0 radical (unpaired) electrons. The molecule has 0 bridgehead atoms. The quantitative estimate of drug-likeness (QED) is 0.318. The van der Waals surface area contributed by atoms with Crippen LogP contribution >= 0.6 is 11.3 Å². The first-order valence-electron chi connectivity index (χ1n) is 13.6. The van der Waals surface area contributed by atoms with Gasteiger partial charge in [0.15, 0.2) is 0 Å². The van der Waals surface area contributed by atoms with E-state index in [9.17, 15) is 9.59 Å². The first-order valence-corrected chi connectivity index (χ1v) is 14.5. The Kier molecular flexibility index (Phi) is 9.21. The third-order valence-corrected chi connectivity index (χ3v) is 8.62. The normalized spacial score (nSPS) is 15.5. The topological polar surface area (TPSA) is 71.5 Å². The number of carbonyl (C=O) groups excluding carboxylic acids is 2. The van der Waals surface area contributed by atoms with E-state index in [0.717, 1.165) is 42.7 Å². The number of aromatic nitrogens is 1. The summed E-state index contributed by atoms with van der Waals surface area (Å²) < 4.78 is 5.37. The maximum atomic E-state index is 14.3. The number of rotatable bonds is 9. The van der Waals surface area contributed by atoms with Gasteiger partial charge in [0, 0.05) is 11.7 Å². The number of hydrogen-bond acceptors (Lipinski definition) is 5. The number of benzene rings is 2. The molecule has 1 heterocycles. The molecule has 1 aliphatic rings. The lowest BCUT2D eigenvalue weighted by molar-refractivity contribution is -0.123. The Bertz CT molecular complexity index is 1230. The molecule has 1 N–H and O–H groups in total. The highest BCUT2D eigenvalue weighted by molar-refractivity contribution is 7.13. The van der Waals surface area contributed by atoms with Gasteiger partial charge in [0.1, 0.15) is 16.7 Å². The number of aryl methyl sites for hydroxylation is 2. The van der Waals surface area contributed by atoms with E-state index in [1.54, 1.807) is 12.0 Å². The fourth-order valence-electron chi connectivity index (χ4n) is 5.15. The van der Waals surface area contributed by atoms with Crippen LogP contribution in [0.15, 0.2) is 48.5 Å². The van der Waals surface area contributed by atoms with Gasteiger partial charge in [-0.1, -0.05) is 57.4 Å². The van der Waals surface area contributed by atoms with E-state index in [-0.39, 0.29) is 17.9 Å². The Morgan fingerprint density at radius 1 is 1.03 bits per heavy atom. The Balaban J connectivity index is 1.82. The first-order chi connectivity index (χ1) is 18.3. The molecule has 1 aliphatic carbocycles. The minimum absolute atomic E-state index is 0.120. The molecule has 0 saturated heterocycles. The van der Waals surface area contributed by atoms with E-state index < -0.39 is 6.04 Å². The molecule has 0 spiro atoms. The number of hydrogen-bond donors (Lipinski definition) is 1. The molecule has 3 aromatic rings. The van der Waals surface area contributed by atoms with Crippen LogP contribution in [0, 0.1) is 13.8 Å². The fourth-order valence-corrected chi connectivity index (χ4v) is 6.01.